The molecule has 1 unspecified atom stereocenters. The molecule has 1 heterocycles. The molecule has 0 aromatic heterocycles. The number of amides is 2. The molecule has 2 amide bonds. The summed E-state index contributed by atoms with van der Waals surface area (Å²) >= 11 is 3.41. The van der Waals surface area contributed by atoms with Crippen LogP contribution in [0.5, 0.6) is 0 Å². The molecule has 5 nitrogen and oxygen atoms in total. The first-order chi connectivity index (χ1) is 14.0. The van der Waals surface area contributed by atoms with Crippen molar-refractivity contribution in [1.29, 1.82) is 0 Å². The van der Waals surface area contributed by atoms with E-state index in [0.717, 1.165) is 42.5 Å². The van der Waals surface area contributed by atoms with Gasteiger partial charge in [-0.05, 0) is 41.7 Å². The number of nitrogens with one attached hydrogen (secondary N) is 2. The number of carbonyl (C=O) groups excluding carboxylic acids is 2. The largest absolute Gasteiger partial charge is 0.356 e. The van der Waals surface area contributed by atoms with Crippen molar-refractivity contribution in [2.45, 2.75) is 38.8 Å². The highest BCUT2D eigenvalue weighted by Gasteiger charge is 2.18. The molecule has 2 N–H and O–H groups in total. The van der Waals surface area contributed by atoms with Crippen LogP contribution in [0, 0.1) is 0 Å². The summed E-state index contributed by atoms with van der Waals surface area (Å²) in [7, 11) is 0. The third kappa shape index (κ3) is 6.68. The predicted octanol–water partition coefficient (Wildman–Crippen LogP) is 3.58. The normalized spacial score (nSPS) is 14.7. The Morgan fingerprint density at radius 1 is 1.10 bits per heavy atom. The molecule has 3 rings (SSSR count). The molecular formula is C23H28BrN3O2. The highest BCUT2D eigenvalue weighted by atomic mass is 79.9. The second kappa shape index (κ2) is 10.6. The van der Waals surface area contributed by atoms with Crippen LogP contribution in [0.3, 0.4) is 0 Å². The minimum absolute atomic E-state index is 0.0457. The van der Waals surface area contributed by atoms with Gasteiger partial charge in [-0.15, -0.1) is 0 Å². The third-order valence-corrected chi connectivity index (χ3v) is 5.75. The van der Waals surface area contributed by atoms with Gasteiger partial charge in [-0.25, -0.2) is 0 Å². The molecule has 1 aliphatic heterocycles. The Balaban J connectivity index is 1.42. The summed E-state index contributed by atoms with van der Waals surface area (Å²) < 4.78 is 0.965. The monoisotopic (exact) mass is 457 g/mol. The molecule has 0 spiro atoms. The lowest BCUT2D eigenvalue weighted by Gasteiger charge is -2.28. The van der Waals surface area contributed by atoms with Crippen LogP contribution >= 0.6 is 15.9 Å². The fraction of sp³-hybridized carbons (Fsp3) is 0.391. The first kappa shape index (κ1) is 21.5. The first-order valence-corrected chi connectivity index (χ1v) is 10.9. The van der Waals surface area contributed by atoms with Crippen molar-refractivity contribution < 1.29 is 9.59 Å². The van der Waals surface area contributed by atoms with E-state index in [4.69, 9.17) is 0 Å². The number of nitrogens with zero attached hydrogens (tertiary/aromatic N) is 1. The molecule has 2 aromatic rings. The van der Waals surface area contributed by atoms with Crippen LogP contribution in [0.25, 0.3) is 0 Å². The minimum Gasteiger partial charge on any atom is -0.356 e. The Morgan fingerprint density at radius 3 is 2.55 bits per heavy atom. The maximum atomic E-state index is 12.4. The average Bonchev–Trinajstić information content (AvgIpc) is 2.71. The number of benzene rings is 2. The van der Waals surface area contributed by atoms with Gasteiger partial charge in [0.15, 0.2) is 0 Å². The van der Waals surface area contributed by atoms with Crippen molar-refractivity contribution >= 4 is 27.7 Å². The zero-order valence-electron chi connectivity index (χ0n) is 16.8. The van der Waals surface area contributed by atoms with Gasteiger partial charge in [0.1, 0.15) is 0 Å². The van der Waals surface area contributed by atoms with E-state index in [-0.39, 0.29) is 24.3 Å². The minimum atomic E-state index is -0.320. The second-order valence-electron chi connectivity index (χ2n) is 7.51. The molecule has 0 aliphatic carbocycles. The van der Waals surface area contributed by atoms with E-state index < -0.39 is 0 Å². The number of rotatable bonds is 8. The van der Waals surface area contributed by atoms with Crippen molar-refractivity contribution in [2.75, 3.05) is 19.6 Å². The van der Waals surface area contributed by atoms with Crippen LogP contribution in [0.2, 0.25) is 0 Å². The Kier molecular flexibility index (Phi) is 7.83. The zero-order chi connectivity index (χ0) is 20.6. The third-order valence-electron chi connectivity index (χ3n) is 5.22. The lowest BCUT2D eigenvalue weighted by Crippen LogP contribution is -2.35. The predicted molar refractivity (Wildman–Crippen MR) is 118 cm³/mol. The van der Waals surface area contributed by atoms with Gasteiger partial charge in [0, 0.05) is 37.6 Å². The van der Waals surface area contributed by atoms with Gasteiger partial charge in [-0.2, -0.15) is 0 Å². The number of halogens is 1. The van der Waals surface area contributed by atoms with Gasteiger partial charge in [0.05, 0.1) is 12.5 Å². The fourth-order valence-electron chi connectivity index (χ4n) is 3.73. The highest BCUT2D eigenvalue weighted by molar-refractivity contribution is 9.10. The van der Waals surface area contributed by atoms with Crippen molar-refractivity contribution in [3.63, 3.8) is 0 Å². The Bertz CT molecular complexity index is 838. The molecule has 0 saturated heterocycles. The van der Waals surface area contributed by atoms with Gasteiger partial charge in [0.2, 0.25) is 11.8 Å². The average molecular weight is 458 g/mol. The molecule has 154 valence electrons. The van der Waals surface area contributed by atoms with Crippen molar-refractivity contribution in [3.8, 4) is 0 Å². The standard InChI is InChI=1S/C23H28BrN3O2/c1-17(28)26-22(19-7-9-21(24)10-8-19)15-23(29)25-12-4-13-27-14-11-18-5-2-3-6-20(18)16-27/h2-3,5-10,22H,4,11-16H2,1H3,(H,25,29)(H,26,28). The van der Waals surface area contributed by atoms with Gasteiger partial charge < -0.3 is 10.6 Å². The van der Waals surface area contributed by atoms with Gasteiger partial charge >= 0.3 is 0 Å². The topological polar surface area (TPSA) is 61.4 Å². The fourth-order valence-corrected chi connectivity index (χ4v) is 3.99. The van der Waals surface area contributed by atoms with Crippen LogP contribution in [0.15, 0.2) is 53.0 Å². The number of carbonyl (C=O) groups is 2. The van der Waals surface area contributed by atoms with Crippen molar-refractivity contribution in [3.05, 3.63) is 69.7 Å². The van der Waals surface area contributed by atoms with Crippen LogP contribution in [0.1, 0.15) is 42.5 Å². The molecule has 0 fully saturated rings. The second-order valence-corrected chi connectivity index (χ2v) is 8.42. The maximum absolute atomic E-state index is 12.4. The van der Waals surface area contributed by atoms with Crippen molar-refractivity contribution in [1.82, 2.24) is 15.5 Å². The zero-order valence-corrected chi connectivity index (χ0v) is 18.4. The summed E-state index contributed by atoms with van der Waals surface area (Å²) in [6.07, 6.45) is 2.24. The number of fused-ring (bicyclic) bond motifs is 1. The lowest BCUT2D eigenvalue weighted by atomic mass is 10.00. The summed E-state index contributed by atoms with van der Waals surface area (Å²) in [4.78, 5) is 26.4. The number of hydrogen-bond donors (Lipinski definition) is 2. The lowest BCUT2D eigenvalue weighted by molar-refractivity contribution is -0.122. The molecule has 0 radical (unpaired) electrons. The summed E-state index contributed by atoms with van der Waals surface area (Å²) in [6, 6.07) is 16.0. The smallest absolute Gasteiger partial charge is 0.222 e. The molecule has 1 aliphatic rings. The van der Waals surface area contributed by atoms with Crippen LogP contribution in [-0.2, 0) is 22.6 Å². The molecule has 2 aromatic carbocycles. The van der Waals surface area contributed by atoms with Gasteiger partial charge in [-0.1, -0.05) is 52.3 Å². The van der Waals surface area contributed by atoms with E-state index in [1.54, 1.807) is 0 Å². The maximum Gasteiger partial charge on any atom is 0.222 e. The summed E-state index contributed by atoms with van der Waals surface area (Å²) in [5.74, 6) is -0.188. The Morgan fingerprint density at radius 2 is 1.83 bits per heavy atom. The number of hydrogen-bond acceptors (Lipinski definition) is 3. The van der Waals surface area contributed by atoms with Crippen LogP contribution in [0.4, 0.5) is 0 Å². The van der Waals surface area contributed by atoms with E-state index in [9.17, 15) is 9.59 Å². The Hall–Kier alpha value is -2.18. The van der Waals surface area contributed by atoms with E-state index in [0.29, 0.717) is 6.54 Å². The van der Waals surface area contributed by atoms with E-state index in [1.807, 2.05) is 24.3 Å². The molecule has 6 heteroatoms. The summed E-state index contributed by atoms with van der Waals surface area (Å²) in [5, 5.41) is 5.87. The molecule has 1 atom stereocenters. The highest BCUT2D eigenvalue weighted by Crippen LogP contribution is 2.20. The van der Waals surface area contributed by atoms with Gasteiger partial charge in [0.25, 0.3) is 0 Å². The molecule has 0 bridgehead atoms. The molecular weight excluding hydrogens is 430 g/mol. The van der Waals surface area contributed by atoms with Crippen LogP contribution < -0.4 is 10.6 Å². The van der Waals surface area contributed by atoms with E-state index in [1.165, 1.54) is 18.1 Å². The van der Waals surface area contributed by atoms with Crippen molar-refractivity contribution in [2.24, 2.45) is 0 Å². The van der Waals surface area contributed by atoms with Gasteiger partial charge in [-0.3, -0.25) is 14.5 Å². The van der Waals surface area contributed by atoms with Crippen LogP contribution in [-0.4, -0.2) is 36.3 Å². The SMILES string of the molecule is CC(=O)NC(CC(=O)NCCCN1CCc2ccccc2C1)c1ccc(Br)cc1. The molecule has 0 saturated carbocycles. The Labute approximate surface area is 181 Å². The quantitative estimate of drug-likeness (QED) is 0.595. The van der Waals surface area contributed by atoms with E-state index in [2.05, 4.69) is 55.7 Å². The molecule has 29 heavy (non-hydrogen) atoms. The first-order valence-electron chi connectivity index (χ1n) is 10.1. The summed E-state index contributed by atoms with van der Waals surface area (Å²) in [6.45, 7) is 5.14. The summed E-state index contributed by atoms with van der Waals surface area (Å²) in [5.41, 5.74) is 3.79. The van der Waals surface area contributed by atoms with E-state index >= 15 is 0 Å².